The molecule has 2 aliphatic heterocycles. The zero-order chi connectivity index (χ0) is 22.2. The largest absolute Gasteiger partial charge is 0.322 e. The van der Waals surface area contributed by atoms with Crippen LogP contribution >= 0.6 is 11.8 Å². The van der Waals surface area contributed by atoms with Gasteiger partial charge in [0.1, 0.15) is 18.2 Å². The summed E-state index contributed by atoms with van der Waals surface area (Å²) in [4.78, 5) is 26.8. The highest BCUT2D eigenvalue weighted by molar-refractivity contribution is 8.00. The zero-order valence-corrected chi connectivity index (χ0v) is 17.9. The second-order valence-corrected chi connectivity index (χ2v) is 10.1. The molecule has 1 saturated heterocycles. The molecular weight excluding hydrogens is 448 g/mol. The van der Waals surface area contributed by atoms with Crippen LogP contribution in [0.5, 0.6) is 0 Å². The van der Waals surface area contributed by atoms with Gasteiger partial charge in [0.15, 0.2) is 0 Å². The van der Waals surface area contributed by atoms with E-state index in [0.717, 1.165) is 31.0 Å². The molecular formula is C20H19F2N3O4S2. The molecule has 0 spiro atoms. The molecule has 0 aromatic heterocycles. The highest BCUT2D eigenvalue weighted by atomic mass is 32.2. The first-order valence-corrected chi connectivity index (χ1v) is 12.0. The first kappa shape index (κ1) is 21.7. The topological polar surface area (TPSA) is 86.8 Å². The van der Waals surface area contributed by atoms with E-state index in [-0.39, 0.29) is 22.2 Å². The molecule has 2 heterocycles. The third-order valence-corrected chi connectivity index (χ3v) is 8.02. The number of carbonyl (C=O) groups excluding carboxylic acids is 2. The smallest absolute Gasteiger partial charge is 0.244 e. The Hall–Kier alpha value is -2.50. The number of nitrogens with zero attached hydrogens (tertiary/aromatic N) is 2. The van der Waals surface area contributed by atoms with Crippen molar-refractivity contribution in [2.24, 2.45) is 0 Å². The Morgan fingerprint density at radius 2 is 1.84 bits per heavy atom. The maximum Gasteiger partial charge on any atom is 0.244 e. The van der Waals surface area contributed by atoms with E-state index >= 15 is 0 Å². The van der Waals surface area contributed by atoms with Gasteiger partial charge in [0.25, 0.3) is 0 Å². The number of fused-ring (bicyclic) bond motifs is 1. The van der Waals surface area contributed by atoms with E-state index in [1.54, 1.807) is 6.07 Å². The van der Waals surface area contributed by atoms with E-state index in [4.69, 9.17) is 0 Å². The van der Waals surface area contributed by atoms with Crippen LogP contribution in [0.15, 0.2) is 46.2 Å². The van der Waals surface area contributed by atoms with Gasteiger partial charge in [-0.3, -0.25) is 9.59 Å². The summed E-state index contributed by atoms with van der Waals surface area (Å²) < 4.78 is 54.4. The maximum atomic E-state index is 13.8. The zero-order valence-electron chi connectivity index (χ0n) is 16.3. The van der Waals surface area contributed by atoms with E-state index in [9.17, 15) is 26.8 Å². The lowest BCUT2D eigenvalue weighted by Gasteiger charge is -2.29. The molecule has 0 aliphatic carbocycles. The number of benzene rings is 2. The standard InChI is InChI=1S/C20H19F2N3O4S2/c21-13-3-5-15(22)16(9-13)23-19(26)11-25-17-10-14(4-6-18(17)30-12-20(25)27)31(28,29)24-7-1-2-8-24/h3-6,9-10H,1-2,7-8,11-12H2,(H,23,26). The molecule has 0 bridgehead atoms. The average Bonchev–Trinajstić information content (AvgIpc) is 3.28. The van der Waals surface area contributed by atoms with Crippen LogP contribution in [0, 0.1) is 11.6 Å². The number of hydrogen-bond acceptors (Lipinski definition) is 5. The second-order valence-electron chi connectivity index (χ2n) is 7.18. The van der Waals surface area contributed by atoms with Crippen LogP contribution < -0.4 is 10.2 Å². The van der Waals surface area contributed by atoms with Gasteiger partial charge >= 0.3 is 0 Å². The van der Waals surface area contributed by atoms with E-state index < -0.39 is 34.1 Å². The Kier molecular flexibility index (Phi) is 6.00. The molecule has 0 unspecified atom stereocenters. The van der Waals surface area contributed by atoms with Crippen LogP contribution in [0.4, 0.5) is 20.2 Å². The Bertz CT molecular complexity index is 1150. The predicted molar refractivity (Wildman–Crippen MR) is 112 cm³/mol. The minimum Gasteiger partial charge on any atom is -0.322 e. The number of sulfonamides is 1. The van der Waals surface area contributed by atoms with Gasteiger partial charge in [-0.1, -0.05) is 0 Å². The van der Waals surface area contributed by atoms with Gasteiger partial charge < -0.3 is 10.2 Å². The third kappa shape index (κ3) is 4.43. The first-order chi connectivity index (χ1) is 14.8. The van der Waals surface area contributed by atoms with Crippen LogP contribution in [0.25, 0.3) is 0 Å². The van der Waals surface area contributed by atoms with E-state index in [2.05, 4.69) is 5.32 Å². The molecule has 11 heteroatoms. The molecule has 2 amide bonds. The van der Waals surface area contributed by atoms with Crippen molar-refractivity contribution in [2.45, 2.75) is 22.6 Å². The van der Waals surface area contributed by atoms with Crippen molar-refractivity contribution in [3.63, 3.8) is 0 Å². The molecule has 164 valence electrons. The maximum absolute atomic E-state index is 13.8. The van der Waals surface area contributed by atoms with Crippen LogP contribution in [0.2, 0.25) is 0 Å². The van der Waals surface area contributed by atoms with Gasteiger partial charge in [-0.25, -0.2) is 17.2 Å². The van der Waals surface area contributed by atoms with Gasteiger partial charge in [0.05, 0.1) is 22.0 Å². The summed E-state index contributed by atoms with van der Waals surface area (Å²) in [5.41, 5.74) is -0.0363. The van der Waals surface area contributed by atoms with E-state index in [1.807, 2.05) is 0 Å². The SMILES string of the molecule is O=C(CN1C(=O)CSc2ccc(S(=O)(=O)N3CCCC3)cc21)Nc1cc(F)ccc1F. The molecule has 0 radical (unpaired) electrons. The second kappa shape index (κ2) is 8.56. The van der Waals surface area contributed by atoms with Crippen molar-refractivity contribution in [1.82, 2.24) is 4.31 Å². The van der Waals surface area contributed by atoms with Crippen LogP contribution in [0.3, 0.4) is 0 Å². The summed E-state index contributed by atoms with van der Waals surface area (Å²) in [7, 11) is -3.71. The molecule has 1 N–H and O–H groups in total. The summed E-state index contributed by atoms with van der Waals surface area (Å²) in [6, 6.07) is 7.16. The van der Waals surface area contributed by atoms with Crippen molar-refractivity contribution in [3.05, 3.63) is 48.0 Å². The molecule has 2 aliphatic rings. The molecule has 0 atom stereocenters. The van der Waals surface area contributed by atoms with Gasteiger partial charge in [0, 0.05) is 24.1 Å². The average molecular weight is 468 g/mol. The Morgan fingerprint density at radius 3 is 2.58 bits per heavy atom. The third-order valence-electron chi connectivity index (χ3n) is 5.08. The van der Waals surface area contributed by atoms with Crippen LogP contribution in [0.1, 0.15) is 12.8 Å². The summed E-state index contributed by atoms with van der Waals surface area (Å²) in [6.07, 6.45) is 1.59. The predicted octanol–water partition coefficient (Wildman–Crippen LogP) is 2.83. The molecule has 31 heavy (non-hydrogen) atoms. The first-order valence-electron chi connectivity index (χ1n) is 9.58. The number of anilines is 2. The van der Waals surface area contributed by atoms with Gasteiger partial charge in [-0.15, -0.1) is 11.8 Å². The number of hydrogen-bond donors (Lipinski definition) is 1. The molecule has 2 aromatic rings. The van der Waals surface area contributed by atoms with Crippen molar-refractivity contribution in [2.75, 3.05) is 35.6 Å². The number of halogens is 2. The summed E-state index contributed by atoms with van der Waals surface area (Å²) in [5.74, 6) is -2.57. The molecule has 2 aromatic carbocycles. The molecule has 4 rings (SSSR count). The number of nitrogens with one attached hydrogen (secondary N) is 1. The molecule has 7 nitrogen and oxygen atoms in total. The minimum atomic E-state index is -3.71. The fourth-order valence-electron chi connectivity index (χ4n) is 3.52. The van der Waals surface area contributed by atoms with Gasteiger partial charge in [0.2, 0.25) is 21.8 Å². The molecule has 0 saturated carbocycles. The number of carbonyl (C=O) groups is 2. The minimum absolute atomic E-state index is 0.0463. The Labute approximate surface area is 182 Å². The number of thioether (sulfide) groups is 1. The van der Waals surface area contributed by atoms with Gasteiger partial charge in [-0.05, 0) is 43.2 Å². The summed E-state index contributed by atoms with van der Waals surface area (Å²) >= 11 is 1.25. The van der Waals surface area contributed by atoms with Crippen LogP contribution in [-0.4, -0.2) is 49.9 Å². The fraction of sp³-hybridized carbons (Fsp3) is 0.300. The van der Waals surface area contributed by atoms with E-state index in [0.29, 0.717) is 23.7 Å². The normalized spacial score (nSPS) is 17.0. The van der Waals surface area contributed by atoms with Crippen molar-refractivity contribution in [3.8, 4) is 0 Å². The number of amides is 2. The Balaban J connectivity index is 1.60. The quantitative estimate of drug-likeness (QED) is 0.731. The van der Waals surface area contributed by atoms with Crippen molar-refractivity contribution < 1.29 is 26.8 Å². The monoisotopic (exact) mass is 467 g/mol. The number of rotatable bonds is 5. The summed E-state index contributed by atoms with van der Waals surface area (Å²) in [5, 5.41) is 2.26. The van der Waals surface area contributed by atoms with Crippen molar-refractivity contribution in [1.29, 1.82) is 0 Å². The van der Waals surface area contributed by atoms with Crippen LogP contribution in [-0.2, 0) is 19.6 Å². The lowest BCUT2D eigenvalue weighted by molar-refractivity contribution is -0.120. The van der Waals surface area contributed by atoms with E-state index in [1.165, 1.54) is 33.1 Å². The fourth-order valence-corrected chi connectivity index (χ4v) is 5.97. The highest BCUT2D eigenvalue weighted by Gasteiger charge is 2.31. The lowest BCUT2D eigenvalue weighted by Crippen LogP contribution is -2.41. The summed E-state index contributed by atoms with van der Waals surface area (Å²) in [6.45, 7) is 0.423. The highest BCUT2D eigenvalue weighted by Crippen LogP contribution is 2.37. The van der Waals surface area contributed by atoms with Crippen molar-refractivity contribution >= 4 is 45.0 Å². The Morgan fingerprint density at radius 1 is 1.10 bits per heavy atom. The lowest BCUT2D eigenvalue weighted by atomic mass is 10.2. The molecule has 1 fully saturated rings. The van der Waals surface area contributed by atoms with Gasteiger partial charge in [-0.2, -0.15) is 4.31 Å².